The summed E-state index contributed by atoms with van der Waals surface area (Å²) in [5, 5.41) is 8.39. The number of nitrogens with one attached hydrogen (secondary N) is 2. The van der Waals surface area contributed by atoms with Crippen LogP contribution >= 0.6 is 0 Å². The van der Waals surface area contributed by atoms with Gasteiger partial charge in [-0.25, -0.2) is 9.98 Å². The van der Waals surface area contributed by atoms with Crippen molar-refractivity contribution in [1.29, 1.82) is 0 Å². The van der Waals surface area contributed by atoms with Crippen molar-refractivity contribution in [2.45, 2.75) is 87.5 Å². The van der Waals surface area contributed by atoms with Gasteiger partial charge < -0.3 is 0 Å². The van der Waals surface area contributed by atoms with E-state index in [9.17, 15) is 0 Å². The van der Waals surface area contributed by atoms with Crippen molar-refractivity contribution in [3.8, 4) is 0 Å². The summed E-state index contributed by atoms with van der Waals surface area (Å²) in [7, 11) is 0. The molecule has 2 N–H and O–H groups in total. The molecular formula is C22H38N8. The van der Waals surface area contributed by atoms with E-state index in [0.717, 1.165) is 5.71 Å². The van der Waals surface area contributed by atoms with Gasteiger partial charge in [-0.3, -0.25) is 20.8 Å². The van der Waals surface area contributed by atoms with Crippen molar-refractivity contribution in [2.24, 2.45) is 46.4 Å². The smallest absolute Gasteiger partial charge is 0.166 e. The lowest BCUT2D eigenvalue weighted by Gasteiger charge is -2.33. The number of hydrazone groups is 2. The van der Waals surface area contributed by atoms with Crippen LogP contribution in [0.2, 0.25) is 0 Å². The van der Waals surface area contributed by atoms with Crippen LogP contribution in [0, 0.1) is 16.2 Å². The molecule has 2 aliphatic heterocycles. The Kier molecular flexibility index (Phi) is 6.14. The lowest BCUT2D eigenvalue weighted by molar-refractivity contribution is 0.224. The molecule has 0 aromatic heterocycles. The van der Waals surface area contributed by atoms with Crippen LogP contribution in [0.15, 0.2) is 30.2 Å². The zero-order valence-electron chi connectivity index (χ0n) is 20.4. The summed E-state index contributed by atoms with van der Waals surface area (Å²) in [6.07, 6.45) is 4.84. The molecule has 0 bridgehead atoms. The Labute approximate surface area is 181 Å². The van der Waals surface area contributed by atoms with Crippen molar-refractivity contribution in [1.82, 2.24) is 10.9 Å². The summed E-state index contributed by atoms with van der Waals surface area (Å²) in [5.74, 6) is 1.33. The second kappa shape index (κ2) is 7.71. The summed E-state index contributed by atoms with van der Waals surface area (Å²) < 4.78 is 0. The van der Waals surface area contributed by atoms with Crippen LogP contribution in [0.5, 0.6) is 0 Å². The van der Waals surface area contributed by atoms with E-state index in [1.807, 2.05) is 6.92 Å². The lowest BCUT2D eigenvalue weighted by atomic mass is 9.82. The number of amidine groups is 2. The Morgan fingerprint density at radius 3 is 1.77 bits per heavy atom. The zero-order valence-corrected chi connectivity index (χ0v) is 20.4. The van der Waals surface area contributed by atoms with E-state index < -0.39 is 11.3 Å². The normalized spacial score (nSPS) is 27.6. The highest BCUT2D eigenvalue weighted by molar-refractivity contribution is 6.44. The highest BCUT2D eigenvalue weighted by Gasteiger charge is 2.44. The quantitative estimate of drug-likeness (QED) is 0.538. The standard InChI is InChI=1S/C22H38N8/c1-18(2,3)16-17(28-22(11,27-16)20(7,8)9)30-25-13-12-24-29-15-14-23-21(10,26-15)19(4,5)6/h12-14H,1-11H3,(H,26,29)(H,28,30)/b24-12+,25-13+. The lowest BCUT2D eigenvalue weighted by Crippen LogP contribution is -2.35. The van der Waals surface area contributed by atoms with Crippen molar-refractivity contribution < 1.29 is 0 Å². The van der Waals surface area contributed by atoms with Crippen LogP contribution in [0.3, 0.4) is 0 Å². The summed E-state index contributed by atoms with van der Waals surface area (Å²) in [6.45, 7) is 23.2. The van der Waals surface area contributed by atoms with Gasteiger partial charge in [0.25, 0.3) is 0 Å². The largest absolute Gasteiger partial charge is 0.260 e. The van der Waals surface area contributed by atoms with Crippen LogP contribution in [-0.2, 0) is 0 Å². The van der Waals surface area contributed by atoms with E-state index in [1.165, 1.54) is 0 Å². The van der Waals surface area contributed by atoms with Crippen molar-refractivity contribution >= 4 is 36.0 Å². The van der Waals surface area contributed by atoms with Gasteiger partial charge in [-0.1, -0.05) is 62.3 Å². The van der Waals surface area contributed by atoms with Gasteiger partial charge in [0.2, 0.25) is 0 Å². The fourth-order valence-electron chi connectivity index (χ4n) is 2.67. The van der Waals surface area contributed by atoms with Crippen molar-refractivity contribution in [3.05, 3.63) is 0 Å². The summed E-state index contributed by atoms with van der Waals surface area (Å²) >= 11 is 0. The molecule has 166 valence electrons. The molecule has 0 saturated heterocycles. The van der Waals surface area contributed by atoms with E-state index >= 15 is 0 Å². The number of rotatable bonds is 3. The fourth-order valence-corrected chi connectivity index (χ4v) is 2.67. The van der Waals surface area contributed by atoms with Crippen molar-refractivity contribution in [3.63, 3.8) is 0 Å². The molecule has 0 spiro atoms. The minimum atomic E-state index is -0.525. The SMILES string of the molecule is CC(C)(C)C1=NC(C)(C(C)(C)C)N=C1N/N=C/C=N/NC1=NC(C)(C(C)(C)C)N=C1. The van der Waals surface area contributed by atoms with E-state index in [1.54, 1.807) is 18.6 Å². The van der Waals surface area contributed by atoms with Gasteiger partial charge in [0.15, 0.2) is 23.0 Å². The molecule has 0 aliphatic carbocycles. The van der Waals surface area contributed by atoms with E-state index in [2.05, 4.69) is 100 Å². The molecule has 2 heterocycles. The molecule has 0 fully saturated rings. The Bertz CT molecular complexity index is 840. The van der Waals surface area contributed by atoms with Gasteiger partial charge in [0, 0.05) is 16.2 Å². The monoisotopic (exact) mass is 414 g/mol. The Morgan fingerprint density at radius 1 is 0.767 bits per heavy atom. The molecule has 0 aromatic carbocycles. The minimum Gasteiger partial charge on any atom is -0.260 e. The average molecular weight is 415 g/mol. The Hall–Kier alpha value is -2.38. The summed E-state index contributed by atoms with van der Waals surface area (Å²) in [5.41, 5.74) is 5.54. The number of hydrogen-bond acceptors (Lipinski definition) is 8. The summed E-state index contributed by atoms with van der Waals surface area (Å²) in [6, 6.07) is 0. The molecule has 0 amide bonds. The van der Waals surface area contributed by atoms with Gasteiger partial charge in [0.05, 0.1) is 24.4 Å². The maximum atomic E-state index is 4.94. The highest BCUT2D eigenvalue weighted by Crippen LogP contribution is 2.40. The number of hydrogen-bond donors (Lipinski definition) is 2. The van der Waals surface area contributed by atoms with Gasteiger partial charge in [-0.2, -0.15) is 10.2 Å². The van der Waals surface area contributed by atoms with E-state index in [-0.39, 0.29) is 16.2 Å². The Morgan fingerprint density at radius 2 is 1.30 bits per heavy atom. The summed E-state index contributed by atoms with van der Waals surface area (Å²) in [4.78, 5) is 18.9. The molecule has 2 rings (SSSR count). The van der Waals surface area contributed by atoms with E-state index in [4.69, 9.17) is 9.98 Å². The third kappa shape index (κ3) is 5.02. The highest BCUT2D eigenvalue weighted by atomic mass is 15.4. The van der Waals surface area contributed by atoms with Gasteiger partial charge in [-0.15, -0.1) is 0 Å². The second-order valence-corrected chi connectivity index (χ2v) is 11.2. The van der Waals surface area contributed by atoms with Gasteiger partial charge in [-0.05, 0) is 13.8 Å². The van der Waals surface area contributed by atoms with Crippen molar-refractivity contribution in [2.75, 3.05) is 0 Å². The first-order valence-corrected chi connectivity index (χ1v) is 10.4. The minimum absolute atomic E-state index is 0.0715. The van der Waals surface area contributed by atoms with Crippen LogP contribution in [0.4, 0.5) is 0 Å². The first-order chi connectivity index (χ1) is 13.5. The molecule has 2 atom stereocenters. The average Bonchev–Trinajstić information content (AvgIpc) is 3.12. The first-order valence-electron chi connectivity index (χ1n) is 10.4. The predicted octanol–water partition coefficient (Wildman–Crippen LogP) is 4.04. The third-order valence-electron chi connectivity index (χ3n) is 5.78. The molecule has 0 radical (unpaired) electrons. The van der Waals surface area contributed by atoms with Gasteiger partial charge in [0.1, 0.15) is 0 Å². The van der Waals surface area contributed by atoms with Crippen LogP contribution in [0.25, 0.3) is 0 Å². The molecule has 2 unspecified atom stereocenters. The molecule has 8 nitrogen and oxygen atoms in total. The topological polar surface area (TPSA) is 98.2 Å². The first kappa shape index (κ1) is 23.9. The maximum absolute atomic E-state index is 4.94. The predicted molar refractivity (Wildman–Crippen MR) is 129 cm³/mol. The van der Waals surface area contributed by atoms with Gasteiger partial charge >= 0.3 is 0 Å². The van der Waals surface area contributed by atoms with Crippen LogP contribution in [-0.4, -0.2) is 47.4 Å². The molecule has 8 heteroatoms. The van der Waals surface area contributed by atoms with E-state index in [0.29, 0.717) is 11.7 Å². The Balaban J connectivity index is 2.02. The zero-order chi connectivity index (χ0) is 23.0. The number of aliphatic imine (C=N–C) groups is 4. The second-order valence-electron chi connectivity index (χ2n) is 11.2. The molecular weight excluding hydrogens is 376 g/mol. The van der Waals surface area contributed by atoms with Crippen LogP contribution < -0.4 is 10.9 Å². The van der Waals surface area contributed by atoms with Crippen LogP contribution in [0.1, 0.15) is 76.2 Å². The molecule has 0 aromatic rings. The molecule has 30 heavy (non-hydrogen) atoms. The molecule has 2 aliphatic rings. The molecule has 0 saturated carbocycles. The fraction of sp³-hybridized carbons (Fsp3) is 0.727. The maximum Gasteiger partial charge on any atom is 0.166 e. The number of nitrogens with zero attached hydrogens (tertiary/aromatic N) is 6. The third-order valence-corrected chi connectivity index (χ3v) is 5.78.